The summed E-state index contributed by atoms with van der Waals surface area (Å²) in [6, 6.07) is 6.73. The minimum atomic E-state index is -0.897. The SMILES string of the molecule is CC1CCCC(C#N)(NC(=O)c2cn(-c3ccc4c(c3)CN(C3CCC(=O)NC3=O)C4=O)nn2)C1. The third-order valence-corrected chi connectivity index (χ3v) is 7.06. The van der Waals surface area contributed by atoms with E-state index >= 15 is 0 Å². The Bertz CT molecular complexity index is 1280. The molecule has 0 radical (unpaired) electrons. The number of piperidine rings is 1. The van der Waals surface area contributed by atoms with Crippen molar-refractivity contribution in [3.8, 4) is 11.8 Å². The van der Waals surface area contributed by atoms with Crippen molar-refractivity contribution in [1.82, 2.24) is 30.5 Å². The third-order valence-electron chi connectivity index (χ3n) is 7.06. The topological polar surface area (TPSA) is 150 Å². The number of carbonyl (C=O) groups is 4. The first-order chi connectivity index (χ1) is 16.8. The fraction of sp³-hybridized carbons (Fsp3) is 0.458. The van der Waals surface area contributed by atoms with E-state index in [0.29, 0.717) is 36.4 Å². The Balaban J connectivity index is 1.32. The van der Waals surface area contributed by atoms with Gasteiger partial charge in [0.25, 0.3) is 11.8 Å². The normalized spacial score (nSPS) is 26.2. The number of benzene rings is 1. The first-order valence-corrected chi connectivity index (χ1v) is 11.7. The van der Waals surface area contributed by atoms with Crippen molar-refractivity contribution in [3.05, 3.63) is 41.2 Å². The highest BCUT2D eigenvalue weighted by Crippen LogP contribution is 2.32. The van der Waals surface area contributed by atoms with Gasteiger partial charge in [0.15, 0.2) is 5.69 Å². The second-order valence-electron chi connectivity index (χ2n) is 9.64. The Morgan fingerprint density at radius 2 is 2.11 bits per heavy atom. The lowest BCUT2D eigenvalue weighted by Gasteiger charge is -2.34. The molecule has 1 aromatic heterocycles. The van der Waals surface area contributed by atoms with Crippen molar-refractivity contribution in [2.45, 2.75) is 63.6 Å². The maximum Gasteiger partial charge on any atom is 0.274 e. The zero-order valence-corrected chi connectivity index (χ0v) is 19.3. The molecule has 0 bridgehead atoms. The van der Waals surface area contributed by atoms with E-state index in [9.17, 15) is 24.4 Å². The fourth-order valence-electron chi connectivity index (χ4n) is 5.27. The van der Waals surface area contributed by atoms with Crippen LogP contribution in [0.4, 0.5) is 0 Å². The van der Waals surface area contributed by atoms with Crippen LogP contribution in [-0.4, -0.2) is 55.1 Å². The van der Waals surface area contributed by atoms with Crippen LogP contribution in [0.25, 0.3) is 5.69 Å². The van der Waals surface area contributed by atoms with Gasteiger partial charge in [0, 0.05) is 18.5 Å². The molecule has 2 aliphatic heterocycles. The van der Waals surface area contributed by atoms with Gasteiger partial charge in [-0.05, 0) is 55.4 Å². The van der Waals surface area contributed by atoms with Crippen LogP contribution in [0.3, 0.4) is 0 Å². The quantitative estimate of drug-likeness (QED) is 0.631. The predicted octanol–water partition coefficient (Wildman–Crippen LogP) is 1.23. The average Bonchev–Trinajstić information content (AvgIpc) is 3.44. The second kappa shape index (κ2) is 8.61. The first kappa shape index (κ1) is 22.7. The number of amides is 4. The van der Waals surface area contributed by atoms with Crippen LogP contribution in [0.2, 0.25) is 0 Å². The lowest BCUT2D eigenvalue weighted by Crippen LogP contribution is -2.52. The van der Waals surface area contributed by atoms with Crippen LogP contribution in [0, 0.1) is 17.2 Å². The first-order valence-electron chi connectivity index (χ1n) is 11.7. The molecule has 0 spiro atoms. The zero-order chi connectivity index (χ0) is 24.7. The third kappa shape index (κ3) is 4.16. The molecule has 11 nitrogen and oxygen atoms in total. The fourth-order valence-corrected chi connectivity index (χ4v) is 5.27. The molecule has 2 fully saturated rings. The van der Waals surface area contributed by atoms with Crippen molar-refractivity contribution in [2.75, 3.05) is 0 Å². The molecule has 1 saturated heterocycles. The molecule has 3 heterocycles. The zero-order valence-electron chi connectivity index (χ0n) is 19.3. The smallest absolute Gasteiger partial charge is 0.274 e. The van der Waals surface area contributed by atoms with E-state index in [1.54, 1.807) is 18.2 Å². The monoisotopic (exact) mass is 475 g/mol. The highest BCUT2D eigenvalue weighted by Gasteiger charge is 2.39. The van der Waals surface area contributed by atoms with Gasteiger partial charge in [0.05, 0.1) is 18.0 Å². The van der Waals surface area contributed by atoms with Gasteiger partial charge < -0.3 is 10.2 Å². The highest BCUT2D eigenvalue weighted by molar-refractivity contribution is 6.05. The Kier molecular flexibility index (Phi) is 5.59. The number of nitriles is 1. The molecule has 1 aromatic carbocycles. The summed E-state index contributed by atoms with van der Waals surface area (Å²) in [6.45, 7) is 2.31. The van der Waals surface area contributed by atoms with Gasteiger partial charge in [-0.2, -0.15) is 5.26 Å². The van der Waals surface area contributed by atoms with Crippen molar-refractivity contribution < 1.29 is 19.2 Å². The van der Waals surface area contributed by atoms with E-state index < -0.39 is 23.4 Å². The van der Waals surface area contributed by atoms with E-state index in [4.69, 9.17) is 0 Å². The molecule has 5 rings (SSSR count). The maximum absolute atomic E-state index is 12.9. The van der Waals surface area contributed by atoms with Crippen molar-refractivity contribution in [3.63, 3.8) is 0 Å². The lowest BCUT2D eigenvalue weighted by molar-refractivity contribution is -0.136. The molecule has 11 heteroatoms. The van der Waals surface area contributed by atoms with Crippen molar-refractivity contribution >= 4 is 23.6 Å². The van der Waals surface area contributed by atoms with Crippen LogP contribution in [0.15, 0.2) is 24.4 Å². The molecule has 3 unspecified atom stereocenters. The number of imide groups is 1. The Hall–Kier alpha value is -4.07. The van der Waals surface area contributed by atoms with Crippen molar-refractivity contribution in [2.24, 2.45) is 5.92 Å². The molecule has 2 aromatic rings. The Morgan fingerprint density at radius 3 is 2.86 bits per heavy atom. The number of nitrogens with one attached hydrogen (secondary N) is 2. The summed E-state index contributed by atoms with van der Waals surface area (Å²) >= 11 is 0. The molecule has 3 atom stereocenters. The lowest BCUT2D eigenvalue weighted by atomic mass is 9.77. The number of rotatable bonds is 4. The summed E-state index contributed by atoms with van der Waals surface area (Å²) in [7, 11) is 0. The largest absolute Gasteiger partial charge is 0.332 e. The Labute approximate surface area is 201 Å². The van der Waals surface area contributed by atoms with Crippen LogP contribution in [0.5, 0.6) is 0 Å². The van der Waals surface area contributed by atoms with Gasteiger partial charge in [-0.3, -0.25) is 24.5 Å². The van der Waals surface area contributed by atoms with Gasteiger partial charge in [-0.1, -0.05) is 18.6 Å². The molecule has 4 amide bonds. The van der Waals surface area contributed by atoms with Gasteiger partial charge in [-0.25, -0.2) is 4.68 Å². The van der Waals surface area contributed by atoms with Crippen LogP contribution in [-0.2, 0) is 16.1 Å². The number of hydrogen-bond donors (Lipinski definition) is 2. The minimum absolute atomic E-state index is 0.0968. The summed E-state index contributed by atoms with van der Waals surface area (Å²) in [5.74, 6) is -1.15. The summed E-state index contributed by atoms with van der Waals surface area (Å²) in [6.07, 6.45) is 5.10. The number of hydrogen-bond acceptors (Lipinski definition) is 7. The number of nitrogens with zero attached hydrogens (tertiary/aromatic N) is 5. The molecule has 180 valence electrons. The van der Waals surface area contributed by atoms with Crippen LogP contribution >= 0.6 is 0 Å². The van der Waals surface area contributed by atoms with E-state index in [1.165, 1.54) is 15.8 Å². The molecule has 2 N–H and O–H groups in total. The summed E-state index contributed by atoms with van der Waals surface area (Å²) in [4.78, 5) is 50.9. The molecule has 3 aliphatic rings. The van der Waals surface area contributed by atoms with E-state index in [2.05, 4.69) is 33.9 Å². The number of fused-ring (bicyclic) bond motifs is 1. The van der Waals surface area contributed by atoms with Crippen LogP contribution < -0.4 is 10.6 Å². The van der Waals surface area contributed by atoms with Gasteiger partial charge in [-0.15, -0.1) is 5.10 Å². The Morgan fingerprint density at radius 1 is 1.29 bits per heavy atom. The summed E-state index contributed by atoms with van der Waals surface area (Å²) < 4.78 is 1.44. The number of carbonyl (C=O) groups excluding carboxylic acids is 4. The molecular weight excluding hydrogens is 450 g/mol. The molecule has 35 heavy (non-hydrogen) atoms. The van der Waals surface area contributed by atoms with Crippen molar-refractivity contribution in [1.29, 1.82) is 5.26 Å². The predicted molar refractivity (Wildman–Crippen MR) is 121 cm³/mol. The number of aromatic nitrogens is 3. The van der Waals surface area contributed by atoms with E-state index in [0.717, 1.165) is 18.4 Å². The standard InChI is InChI=1S/C24H25N7O4/c1-14-3-2-8-24(10-14,13-25)27-21(33)18-12-31(29-28-18)16-4-5-17-15(9-16)11-30(23(17)35)19-6-7-20(32)26-22(19)34/h4-5,9,12,14,19H,2-3,6-8,10-11H2,1H3,(H,27,33)(H,26,32,34). The van der Waals surface area contributed by atoms with Gasteiger partial charge in [0.2, 0.25) is 11.8 Å². The molecular formula is C24H25N7O4. The highest BCUT2D eigenvalue weighted by atomic mass is 16.2. The van der Waals surface area contributed by atoms with Gasteiger partial charge >= 0.3 is 0 Å². The maximum atomic E-state index is 12.9. The summed E-state index contributed by atoms with van der Waals surface area (Å²) in [5, 5.41) is 22.9. The second-order valence-corrected chi connectivity index (χ2v) is 9.64. The van der Waals surface area contributed by atoms with E-state index in [1.807, 2.05) is 0 Å². The van der Waals surface area contributed by atoms with Gasteiger partial charge in [0.1, 0.15) is 11.6 Å². The minimum Gasteiger partial charge on any atom is -0.332 e. The average molecular weight is 476 g/mol. The molecule has 1 saturated carbocycles. The van der Waals surface area contributed by atoms with Crippen LogP contribution in [0.1, 0.15) is 71.9 Å². The molecule has 1 aliphatic carbocycles. The van der Waals surface area contributed by atoms with E-state index in [-0.39, 0.29) is 30.5 Å². The summed E-state index contributed by atoms with van der Waals surface area (Å²) in [5.41, 5.74) is 1.01.